The highest BCUT2D eigenvalue weighted by atomic mass is 16.7. The number of hydrogen-bond donors (Lipinski definition) is 1. The molecule has 0 bridgehead atoms. The molecule has 33 heavy (non-hydrogen) atoms. The fourth-order valence-electron chi connectivity index (χ4n) is 4.09. The van der Waals surface area contributed by atoms with Gasteiger partial charge in [0.15, 0.2) is 11.5 Å². The third-order valence-electron chi connectivity index (χ3n) is 6.02. The van der Waals surface area contributed by atoms with Gasteiger partial charge < -0.3 is 24.4 Å². The third-order valence-corrected chi connectivity index (χ3v) is 6.02. The molecule has 0 aromatic heterocycles. The van der Waals surface area contributed by atoms with Gasteiger partial charge in [0.1, 0.15) is 5.75 Å². The highest BCUT2D eigenvalue weighted by molar-refractivity contribution is 5.78. The summed E-state index contributed by atoms with van der Waals surface area (Å²) in [5, 5.41) is 2.97. The number of amides is 2. The van der Waals surface area contributed by atoms with E-state index in [-0.39, 0.29) is 18.6 Å². The summed E-state index contributed by atoms with van der Waals surface area (Å²) in [6.07, 6.45) is 2.07. The van der Waals surface area contributed by atoms with Crippen LogP contribution < -0.4 is 19.5 Å². The van der Waals surface area contributed by atoms with E-state index in [1.165, 1.54) is 0 Å². The van der Waals surface area contributed by atoms with Gasteiger partial charge in [-0.1, -0.05) is 18.2 Å². The fraction of sp³-hybridized carbons (Fsp3) is 0.440. The van der Waals surface area contributed by atoms with Crippen LogP contribution >= 0.6 is 0 Å². The van der Waals surface area contributed by atoms with E-state index in [2.05, 4.69) is 10.2 Å². The Kier molecular flexibility index (Phi) is 7.67. The summed E-state index contributed by atoms with van der Waals surface area (Å²) in [6, 6.07) is 13.5. The molecule has 2 aromatic rings. The minimum absolute atomic E-state index is 0.0213. The zero-order valence-electron chi connectivity index (χ0n) is 19.0. The highest BCUT2D eigenvalue weighted by Crippen LogP contribution is 2.32. The van der Waals surface area contributed by atoms with Gasteiger partial charge in [0.25, 0.3) is 0 Å². The summed E-state index contributed by atoms with van der Waals surface area (Å²) in [5.74, 6) is 2.41. The van der Waals surface area contributed by atoms with Gasteiger partial charge in [-0.15, -0.1) is 0 Å². The van der Waals surface area contributed by atoms with Gasteiger partial charge >= 0.3 is 0 Å². The molecule has 1 fully saturated rings. The topological polar surface area (TPSA) is 80.3 Å². The first-order valence-electron chi connectivity index (χ1n) is 11.4. The van der Waals surface area contributed by atoms with Crippen molar-refractivity contribution >= 4 is 11.8 Å². The molecule has 0 saturated carbocycles. The molecule has 0 atom stereocenters. The van der Waals surface area contributed by atoms with Gasteiger partial charge in [0, 0.05) is 39.1 Å². The van der Waals surface area contributed by atoms with E-state index >= 15 is 0 Å². The van der Waals surface area contributed by atoms with Crippen LogP contribution in [-0.4, -0.2) is 68.2 Å². The second-order valence-corrected chi connectivity index (χ2v) is 8.32. The van der Waals surface area contributed by atoms with Gasteiger partial charge in [-0.2, -0.15) is 0 Å². The van der Waals surface area contributed by atoms with Crippen LogP contribution in [0.25, 0.3) is 0 Å². The SMILES string of the molecule is COc1ccc(CCC(=O)N2CCCN(CC(=O)NCc3ccc4c(c3)OCO4)CC2)cc1. The summed E-state index contributed by atoms with van der Waals surface area (Å²) in [7, 11) is 1.64. The van der Waals surface area contributed by atoms with Gasteiger partial charge in [-0.25, -0.2) is 0 Å². The maximum atomic E-state index is 12.7. The fourth-order valence-corrected chi connectivity index (χ4v) is 4.09. The maximum Gasteiger partial charge on any atom is 0.234 e. The largest absolute Gasteiger partial charge is 0.497 e. The molecule has 2 aliphatic rings. The van der Waals surface area contributed by atoms with E-state index in [1.54, 1.807) is 7.11 Å². The van der Waals surface area contributed by atoms with E-state index in [1.807, 2.05) is 47.4 Å². The van der Waals surface area contributed by atoms with Crippen molar-refractivity contribution in [1.82, 2.24) is 15.1 Å². The molecule has 1 N–H and O–H groups in total. The van der Waals surface area contributed by atoms with Crippen LogP contribution in [0.3, 0.4) is 0 Å². The monoisotopic (exact) mass is 453 g/mol. The maximum absolute atomic E-state index is 12.7. The lowest BCUT2D eigenvalue weighted by atomic mass is 10.1. The van der Waals surface area contributed by atoms with Crippen molar-refractivity contribution in [1.29, 1.82) is 0 Å². The molecular weight excluding hydrogens is 422 g/mol. The number of carbonyl (C=O) groups is 2. The quantitative estimate of drug-likeness (QED) is 0.660. The molecule has 0 radical (unpaired) electrons. The number of fused-ring (bicyclic) bond motifs is 1. The number of nitrogens with one attached hydrogen (secondary N) is 1. The van der Waals surface area contributed by atoms with Crippen LogP contribution in [0.2, 0.25) is 0 Å². The van der Waals surface area contributed by atoms with Gasteiger partial charge in [-0.05, 0) is 48.2 Å². The van der Waals surface area contributed by atoms with Crippen molar-refractivity contribution in [2.45, 2.75) is 25.8 Å². The van der Waals surface area contributed by atoms with Crippen LogP contribution in [0.5, 0.6) is 17.2 Å². The first kappa shape index (κ1) is 22.9. The van der Waals surface area contributed by atoms with Crippen LogP contribution in [0.4, 0.5) is 0 Å². The second kappa shape index (κ2) is 11.0. The van der Waals surface area contributed by atoms with Crippen molar-refractivity contribution in [3.05, 3.63) is 53.6 Å². The smallest absolute Gasteiger partial charge is 0.234 e. The average Bonchev–Trinajstić information content (AvgIpc) is 3.19. The Morgan fingerprint density at radius 1 is 0.970 bits per heavy atom. The summed E-state index contributed by atoms with van der Waals surface area (Å²) in [6.45, 7) is 3.90. The number of ether oxygens (including phenoxy) is 3. The lowest BCUT2D eigenvalue weighted by molar-refractivity contribution is -0.131. The highest BCUT2D eigenvalue weighted by Gasteiger charge is 2.20. The number of methoxy groups -OCH3 is 1. The van der Waals surface area contributed by atoms with Gasteiger partial charge in [0.05, 0.1) is 13.7 Å². The lowest BCUT2D eigenvalue weighted by Gasteiger charge is -2.22. The number of benzene rings is 2. The molecule has 2 heterocycles. The summed E-state index contributed by atoms with van der Waals surface area (Å²) < 4.78 is 15.9. The van der Waals surface area contributed by atoms with E-state index in [0.717, 1.165) is 42.1 Å². The first-order valence-corrected chi connectivity index (χ1v) is 11.4. The molecule has 176 valence electrons. The number of aryl methyl sites for hydroxylation is 1. The van der Waals surface area contributed by atoms with E-state index in [4.69, 9.17) is 14.2 Å². The van der Waals surface area contributed by atoms with Crippen molar-refractivity contribution in [2.75, 3.05) is 46.6 Å². The number of hydrogen-bond acceptors (Lipinski definition) is 6. The van der Waals surface area contributed by atoms with Crippen molar-refractivity contribution in [3.63, 3.8) is 0 Å². The molecule has 0 spiro atoms. The second-order valence-electron chi connectivity index (χ2n) is 8.32. The summed E-state index contributed by atoms with van der Waals surface area (Å²) in [4.78, 5) is 29.2. The molecule has 1 saturated heterocycles. The van der Waals surface area contributed by atoms with Crippen molar-refractivity contribution < 1.29 is 23.8 Å². The zero-order chi connectivity index (χ0) is 23.0. The Hall–Kier alpha value is -3.26. The first-order chi connectivity index (χ1) is 16.1. The molecule has 8 heteroatoms. The van der Waals surface area contributed by atoms with E-state index in [9.17, 15) is 9.59 Å². The van der Waals surface area contributed by atoms with E-state index in [0.29, 0.717) is 44.8 Å². The Labute approximate surface area is 194 Å². The number of rotatable bonds is 8. The minimum atomic E-state index is -0.0213. The number of nitrogens with zero attached hydrogens (tertiary/aromatic N) is 2. The Balaban J connectivity index is 1.18. The molecule has 2 amide bonds. The average molecular weight is 454 g/mol. The standard InChI is InChI=1S/C25H31N3O5/c1-31-21-7-3-19(4-8-21)6-10-25(30)28-12-2-11-27(13-14-28)17-24(29)26-16-20-5-9-22-23(15-20)33-18-32-22/h3-5,7-9,15H,2,6,10-14,16-18H2,1H3,(H,26,29). The van der Waals surface area contributed by atoms with Crippen molar-refractivity contribution in [3.8, 4) is 17.2 Å². The summed E-state index contributed by atoms with van der Waals surface area (Å²) in [5.41, 5.74) is 2.09. The third kappa shape index (κ3) is 6.38. The Bertz CT molecular complexity index is 963. The normalized spacial score (nSPS) is 15.7. The van der Waals surface area contributed by atoms with E-state index < -0.39 is 0 Å². The van der Waals surface area contributed by atoms with Gasteiger partial charge in [-0.3, -0.25) is 14.5 Å². The lowest BCUT2D eigenvalue weighted by Crippen LogP contribution is -2.39. The molecule has 8 nitrogen and oxygen atoms in total. The Morgan fingerprint density at radius 2 is 1.76 bits per heavy atom. The molecule has 2 aromatic carbocycles. The van der Waals surface area contributed by atoms with Crippen LogP contribution in [0.1, 0.15) is 24.0 Å². The minimum Gasteiger partial charge on any atom is -0.497 e. The van der Waals surface area contributed by atoms with Crippen LogP contribution in [0.15, 0.2) is 42.5 Å². The molecule has 4 rings (SSSR count). The van der Waals surface area contributed by atoms with Crippen molar-refractivity contribution in [2.24, 2.45) is 0 Å². The molecule has 2 aliphatic heterocycles. The van der Waals surface area contributed by atoms with Crippen LogP contribution in [-0.2, 0) is 22.6 Å². The molecule has 0 unspecified atom stereocenters. The predicted octanol–water partition coefficient (Wildman–Crippen LogP) is 2.21. The van der Waals surface area contributed by atoms with Crippen LogP contribution in [0, 0.1) is 0 Å². The molecule has 0 aliphatic carbocycles. The predicted molar refractivity (Wildman–Crippen MR) is 123 cm³/mol. The number of carbonyl (C=O) groups excluding carboxylic acids is 2. The zero-order valence-corrected chi connectivity index (χ0v) is 19.0. The molecular formula is C25H31N3O5. The summed E-state index contributed by atoms with van der Waals surface area (Å²) >= 11 is 0. The Morgan fingerprint density at radius 3 is 2.58 bits per heavy atom. The van der Waals surface area contributed by atoms with Gasteiger partial charge in [0.2, 0.25) is 18.6 Å².